The smallest absolute Gasteiger partial charge is 0.105 e. The van der Waals surface area contributed by atoms with Gasteiger partial charge in [-0.2, -0.15) is 0 Å². The summed E-state index contributed by atoms with van der Waals surface area (Å²) in [4.78, 5) is 1.16. The Labute approximate surface area is 86.4 Å². The average molecular weight is 208 g/mol. The van der Waals surface area contributed by atoms with Crippen LogP contribution in [0.1, 0.15) is 22.2 Å². The lowest BCUT2D eigenvalue weighted by molar-refractivity contribution is 0.711. The lowest BCUT2D eigenvalue weighted by Crippen LogP contribution is -2.11. The van der Waals surface area contributed by atoms with Crippen LogP contribution in [0.2, 0.25) is 0 Å². The van der Waals surface area contributed by atoms with Crippen LogP contribution in [0, 0.1) is 6.92 Å². The van der Waals surface area contributed by atoms with E-state index in [0.29, 0.717) is 0 Å². The van der Waals surface area contributed by atoms with Gasteiger partial charge in [-0.25, -0.2) is 0 Å². The summed E-state index contributed by atoms with van der Waals surface area (Å²) >= 11 is 1.66. The molecule has 2 rings (SSSR count). The van der Waals surface area contributed by atoms with Crippen molar-refractivity contribution in [2.45, 2.75) is 13.0 Å². The first-order valence-electron chi connectivity index (χ1n) is 4.34. The number of nitrogens with two attached hydrogens (primary N) is 1. The zero-order valence-electron chi connectivity index (χ0n) is 8.14. The summed E-state index contributed by atoms with van der Waals surface area (Å²) in [5.74, 6) is 0. The van der Waals surface area contributed by atoms with E-state index in [9.17, 15) is 0 Å². The van der Waals surface area contributed by atoms with Crippen LogP contribution in [0.3, 0.4) is 0 Å². The van der Waals surface area contributed by atoms with E-state index in [1.807, 2.05) is 18.6 Å². The molecule has 2 N–H and O–H groups in total. The van der Waals surface area contributed by atoms with Crippen LogP contribution in [0.25, 0.3) is 0 Å². The molecule has 0 fully saturated rings. The molecule has 0 aromatic carbocycles. The van der Waals surface area contributed by atoms with Gasteiger partial charge in [0.25, 0.3) is 0 Å². The van der Waals surface area contributed by atoms with Crippen LogP contribution in [-0.2, 0) is 7.05 Å². The molecule has 0 saturated carbocycles. The molecular formula is C9H12N4S. The fraction of sp³-hybridized carbons (Fsp3) is 0.333. The summed E-state index contributed by atoms with van der Waals surface area (Å²) in [5, 5.41) is 9.92. The molecule has 0 saturated heterocycles. The number of rotatable bonds is 2. The quantitative estimate of drug-likeness (QED) is 0.807. The lowest BCUT2D eigenvalue weighted by atomic mass is 10.1. The first-order chi connectivity index (χ1) is 6.68. The van der Waals surface area contributed by atoms with E-state index in [1.165, 1.54) is 5.56 Å². The van der Waals surface area contributed by atoms with Crippen molar-refractivity contribution >= 4 is 11.3 Å². The van der Waals surface area contributed by atoms with Gasteiger partial charge in [0, 0.05) is 11.9 Å². The number of aromatic nitrogens is 3. The van der Waals surface area contributed by atoms with Crippen LogP contribution in [0.15, 0.2) is 17.6 Å². The van der Waals surface area contributed by atoms with Crippen LogP contribution in [-0.4, -0.2) is 15.0 Å². The standard InChI is InChI=1S/C9H12N4S/c1-6-3-4-14-9(6)8(10)7-5-13(2)12-11-7/h3-5,8H,10H2,1-2H3. The molecule has 0 aliphatic rings. The molecule has 5 heteroatoms. The van der Waals surface area contributed by atoms with Crippen molar-refractivity contribution in [3.05, 3.63) is 33.8 Å². The van der Waals surface area contributed by atoms with Crippen molar-refractivity contribution in [1.29, 1.82) is 0 Å². The molecule has 0 amide bonds. The van der Waals surface area contributed by atoms with Crippen molar-refractivity contribution < 1.29 is 0 Å². The minimum atomic E-state index is -0.149. The highest BCUT2D eigenvalue weighted by Crippen LogP contribution is 2.25. The summed E-state index contributed by atoms with van der Waals surface area (Å²) in [5.41, 5.74) is 8.10. The maximum atomic E-state index is 6.07. The van der Waals surface area contributed by atoms with E-state index >= 15 is 0 Å². The van der Waals surface area contributed by atoms with E-state index in [4.69, 9.17) is 5.73 Å². The number of hydrogen-bond donors (Lipinski definition) is 1. The molecule has 2 aromatic heterocycles. The highest BCUT2D eigenvalue weighted by molar-refractivity contribution is 7.10. The minimum Gasteiger partial charge on any atom is -0.318 e. The number of aryl methyl sites for hydroxylation is 2. The monoisotopic (exact) mass is 208 g/mol. The molecule has 74 valence electrons. The predicted molar refractivity (Wildman–Crippen MR) is 56.1 cm³/mol. The summed E-state index contributed by atoms with van der Waals surface area (Å²) in [6, 6.07) is 1.92. The fourth-order valence-corrected chi connectivity index (χ4v) is 2.29. The number of thiophene rings is 1. The van der Waals surface area contributed by atoms with Gasteiger partial charge in [-0.15, -0.1) is 16.4 Å². The Morgan fingerprint density at radius 3 is 2.86 bits per heavy atom. The van der Waals surface area contributed by atoms with Crippen molar-refractivity contribution in [2.75, 3.05) is 0 Å². The van der Waals surface area contributed by atoms with Crippen molar-refractivity contribution in [3.8, 4) is 0 Å². The van der Waals surface area contributed by atoms with Crippen molar-refractivity contribution in [3.63, 3.8) is 0 Å². The molecule has 1 atom stereocenters. The van der Waals surface area contributed by atoms with Crippen LogP contribution >= 0.6 is 11.3 Å². The SMILES string of the molecule is Cc1ccsc1C(N)c1cn(C)nn1. The Morgan fingerprint density at radius 1 is 1.57 bits per heavy atom. The summed E-state index contributed by atoms with van der Waals surface area (Å²) in [7, 11) is 1.84. The molecule has 4 nitrogen and oxygen atoms in total. The third kappa shape index (κ3) is 1.56. The first kappa shape index (κ1) is 9.36. The Bertz CT molecular complexity index is 431. The first-order valence-corrected chi connectivity index (χ1v) is 5.22. The Morgan fingerprint density at radius 2 is 2.36 bits per heavy atom. The Hall–Kier alpha value is -1.20. The molecule has 0 aliphatic carbocycles. The third-order valence-corrected chi connectivity index (χ3v) is 3.23. The van der Waals surface area contributed by atoms with E-state index in [-0.39, 0.29) is 6.04 Å². The van der Waals surface area contributed by atoms with Gasteiger partial charge in [0.15, 0.2) is 0 Å². The molecule has 0 aliphatic heterocycles. The van der Waals surface area contributed by atoms with Gasteiger partial charge >= 0.3 is 0 Å². The van der Waals surface area contributed by atoms with Gasteiger partial charge in [0.2, 0.25) is 0 Å². The van der Waals surface area contributed by atoms with Crippen molar-refractivity contribution in [1.82, 2.24) is 15.0 Å². The molecule has 0 radical (unpaired) electrons. The molecule has 1 unspecified atom stereocenters. The third-order valence-electron chi connectivity index (χ3n) is 2.12. The minimum absolute atomic E-state index is 0.149. The van der Waals surface area contributed by atoms with Gasteiger partial charge in [0.1, 0.15) is 5.69 Å². The lowest BCUT2D eigenvalue weighted by Gasteiger charge is -2.06. The number of hydrogen-bond acceptors (Lipinski definition) is 4. The van der Waals surface area contributed by atoms with Crippen LogP contribution in [0.4, 0.5) is 0 Å². The summed E-state index contributed by atoms with van der Waals surface area (Å²) in [6.45, 7) is 2.06. The molecule has 0 bridgehead atoms. The number of nitrogens with zero attached hydrogens (tertiary/aromatic N) is 3. The highest BCUT2D eigenvalue weighted by atomic mass is 32.1. The fourth-order valence-electron chi connectivity index (χ4n) is 1.35. The van der Waals surface area contributed by atoms with Crippen LogP contribution in [0.5, 0.6) is 0 Å². The van der Waals surface area contributed by atoms with Gasteiger partial charge in [0.05, 0.1) is 12.2 Å². The maximum Gasteiger partial charge on any atom is 0.105 e. The van der Waals surface area contributed by atoms with Crippen LogP contribution < -0.4 is 5.73 Å². The van der Waals surface area contributed by atoms with E-state index in [2.05, 4.69) is 23.3 Å². The topological polar surface area (TPSA) is 56.7 Å². The van der Waals surface area contributed by atoms with Crippen molar-refractivity contribution in [2.24, 2.45) is 12.8 Å². The zero-order chi connectivity index (χ0) is 10.1. The Kier molecular flexibility index (Phi) is 2.35. The second-order valence-corrected chi connectivity index (χ2v) is 4.21. The summed E-state index contributed by atoms with van der Waals surface area (Å²) in [6.07, 6.45) is 1.85. The Balaban J connectivity index is 2.33. The summed E-state index contributed by atoms with van der Waals surface area (Å²) < 4.78 is 1.66. The molecular weight excluding hydrogens is 196 g/mol. The molecule has 2 aromatic rings. The molecule has 2 heterocycles. The predicted octanol–water partition coefficient (Wildman–Crippen LogP) is 1.23. The van der Waals surface area contributed by atoms with E-state index < -0.39 is 0 Å². The van der Waals surface area contributed by atoms with Gasteiger partial charge in [-0.05, 0) is 23.9 Å². The van der Waals surface area contributed by atoms with Gasteiger partial charge in [-0.1, -0.05) is 5.21 Å². The van der Waals surface area contributed by atoms with Gasteiger partial charge < -0.3 is 5.73 Å². The highest BCUT2D eigenvalue weighted by Gasteiger charge is 2.15. The second kappa shape index (κ2) is 3.51. The van der Waals surface area contributed by atoms with Gasteiger partial charge in [-0.3, -0.25) is 4.68 Å². The van der Waals surface area contributed by atoms with E-state index in [1.54, 1.807) is 16.0 Å². The maximum absolute atomic E-state index is 6.07. The second-order valence-electron chi connectivity index (χ2n) is 3.26. The average Bonchev–Trinajstić information content (AvgIpc) is 2.73. The van der Waals surface area contributed by atoms with E-state index in [0.717, 1.165) is 10.6 Å². The molecule has 14 heavy (non-hydrogen) atoms. The molecule has 0 spiro atoms. The zero-order valence-corrected chi connectivity index (χ0v) is 8.95. The largest absolute Gasteiger partial charge is 0.318 e. The normalized spacial score (nSPS) is 13.1.